The van der Waals surface area contributed by atoms with E-state index < -0.39 is 18.3 Å². The molecule has 0 aliphatic carbocycles. The van der Waals surface area contributed by atoms with Crippen molar-refractivity contribution < 1.29 is 34.7 Å². The predicted molar refractivity (Wildman–Crippen MR) is 168 cm³/mol. The van der Waals surface area contributed by atoms with Gasteiger partial charge in [0.05, 0.1) is 36.6 Å². The van der Waals surface area contributed by atoms with Crippen LogP contribution in [0.3, 0.4) is 0 Å². The fourth-order valence-electron chi connectivity index (χ4n) is 6.42. The van der Waals surface area contributed by atoms with Crippen LogP contribution in [0.4, 0.5) is 0 Å². The fourth-order valence-corrected chi connectivity index (χ4v) is 6.42. The van der Waals surface area contributed by atoms with Gasteiger partial charge in [0.25, 0.3) is 0 Å². The summed E-state index contributed by atoms with van der Waals surface area (Å²) >= 11 is 0. The Hall–Kier alpha value is -0.990. The summed E-state index contributed by atoms with van der Waals surface area (Å²) in [6, 6.07) is 0. The fraction of sp³-hybridized carbons (Fsp3) is 0.914. The molecule has 1 saturated heterocycles. The van der Waals surface area contributed by atoms with Gasteiger partial charge in [0.2, 0.25) is 0 Å². The lowest BCUT2D eigenvalue weighted by Crippen LogP contribution is -2.31. The molecule has 0 saturated carbocycles. The van der Waals surface area contributed by atoms with Gasteiger partial charge in [0.1, 0.15) is 6.10 Å². The van der Waals surface area contributed by atoms with Gasteiger partial charge in [-0.3, -0.25) is 0 Å². The monoisotopic (exact) mass is 596 g/mol. The molecule has 7 heteroatoms. The SMILES string of the molecule is CCCCCCCCCCCC[C@H](O)[C@@H]1CC[C@@H]([C@@H](O)CCCCCC(O)CCCCC(O)CC2=CC(C)OC2=O)O1. The van der Waals surface area contributed by atoms with Crippen LogP contribution >= 0.6 is 0 Å². The molecular weight excluding hydrogens is 532 g/mol. The molecule has 2 rings (SSSR count). The number of aliphatic hydroxyl groups excluding tert-OH is 4. The maximum atomic E-state index is 11.7. The first-order valence-corrected chi connectivity index (χ1v) is 17.6. The van der Waals surface area contributed by atoms with Crippen molar-refractivity contribution in [1.29, 1.82) is 0 Å². The molecule has 246 valence electrons. The minimum atomic E-state index is -0.551. The summed E-state index contributed by atoms with van der Waals surface area (Å²) < 4.78 is 11.1. The number of carbonyl (C=O) groups is 1. The first-order chi connectivity index (χ1) is 20.3. The van der Waals surface area contributed by atoms with Crippen molar-refractivity contribution in [2.45, 2.75) is 204 Å². The van der Waals surface area contributed by atoms with E-state index in [9.17, 15) is 25.2 Å². The third-order valence-electron chi connectivity index (χ3n) is 9.11. The molecular formula is C35H64O7. The second kappa shape index (κ2) is 22.5. The number of rotatable bonds is 26. The predicted octanol–water partition coefficient (Wildman–Crippen LogP) is 7.06. The number of hydrogen-bond acceptors (Lipinski definition) is 7. The summed E-state index contributed by atoms with van der Waals surface area (Å²) in [5, 5.41) is 41.7. The number of hydrogen-bond donors (Lipinski definition) is 4. The van der Waals surface area contributed by atoms with Gasteiger partial charge in [0, 0.05) is 12.0 Å². The Morgan fingerprint density at radius 3 is 1.60 bits per heavy atom. The van der Waals surface area contributed by atoms with Gasteiger partial charge in [-0.2, -0.15) is 0 Å². The van der Waals surface area contributed by atoms with Crippen LogP contribution in [0.25, 0.3) is 0 Å². The average molecular weight is 597 g/mol. The van der Waals surface area contributed by atoms with Crippen molar-refractivity contribution in [3.05, 3.63) is 11.6 Å². The third kappa shape index (κ3) is 16.2. The largest absolute Gasteiger partial charge is 0.455 e. The molecule has 1 fully saturated rings. The lowest BCUT2D eigenvalue weighted by molar-refractivity contribution is -0.139. The van der Waals surface area contributed by atoms with Crippen molar-refractivity contribution in [3.63, 3.8) is 0 Å². The highest BCUT2D eigenvalue weighted by atomic mass is 16.5. The Morgan fingerprint density at radius 1 is 0.667 bits per heavy atom. The van der Waals surface area contributed by atoms with Gasteiger partial charge in [-0.15, -0.1) is 0 Å². The molecule has 0 amide bonds. The quantitative estimate of drug-likeness (QED) is 0.0624. The zero-order valence-corrected chi connectivity index (χ0v) is 26.9. The second-order valence-electron chi connectivity index (χ2n) is 13.1. The van der Waals surface area contributed by atoms with Gasteiger partial charge in [0.15, 0.2) is 0 Å². The summed E-state index contributed by atoms with van der Waals surface area (Å²) in [5.41, 5.74) is 0.566. The molecule has 4 N–H and O–H groups in total. The van der Waals surface area contributed by atoms with Gasteiger partial charge in [-0.25, -0.2) is 4.79 Å². The summed E-state index contributed by atoms with van der Waals surface area (Å²) in [6.45, 7) is 4.07. The molecule has 3 unspecified atom stereocenters. The summed E-state index contributed by atoms with van der Waals surface area (Å²) in [6.07, 6.45) is 22.4. The normalized spacial score (nSPS) is 23.5. The average Bonchev–Trinajstić information content (AvgIpc) is 3.58. The number of carbonyl (C=O) groups excluding carboxylic acids is 1. The number of ether oxygens (including phenoxy) is 2. The highest BCUT2D eigenvalue weighted by molar-refractivity contribution is 5.90. The van der Waals surface area contributed by atoms with E-state index in [0.717, 1.165) is 70.6 Å². The summed E-state index contributed by atoms with van der Waals surface area (Å²) in [5.74, 6) is -0.321. The third-order valence-corrected chi connectivity index (χ3v) is 9.11. The van der Waals surface area contributed by atoms with Crippen LogP contribution in [0.1, 0.15) is 162 Å². The van der Waals surface area contributed by atoms with Crippen LogP contribution in [-0.4, -0.2) is 69.1 Å². The molecule has 0 radical (unpaired) electrons. The van der Waals surface area contributed by atoms with Gasteiger partial charge in [-0.1, -0.05) is 103 Å². The molecule has 7 atom stereocenters. The van der Waals surface area contributed by atoms with Crippen molar-refractivity contribution >= 4 is 5.97 Å². The standard InChI is InChI=1S/C35H64O7/c1-3-4-5-6-7-8-9-10-11-14-21-31(38)33-23-24-34(42-33)32(39)22-15-12-13-18-29(36)19-16-17-20-30(37)26-28-25-27(2)41-35(28)40/h25,27,29-34,36-39H,3-24,26H2,1-2H3/t27?,29?,30?,31-,32-,33-,34-/m0/s1. The molecule has 2 heterocycles. The van der Waals surface area contributed by atoms with Crippen molar-refractivity contribution in [2.75, 3.05) is 0 Å². The highest BCUT2D eigenvalue weighted by Crippen LogP contribution is 2.28. The van der Waals surface area contributed by atoms with E-state index in [0.29, 0.717) is 24.8 Å². The molecule has 0 aromatic heterocycles. The number of esters is 1. The number of cyclic esters (lactones) is 1. The maximum Gasteiger partial charge on any atom is 0.334 e. The van der Waals surface area contributed by atoms with Gasteiger partial charge < -0.3 is 29.9 Å². The molecule has 2 aliphatic heterocycles. The first-order valence-electron chi connectivity index (χ1n) is 17.6. The minimum Gasteiger partial charge on any atom is -0.455 e. The zero-order chi connectivity index (χ0) is 30.6. The van der Waals surface area contributed by atoms with E-state index >= 15 is 0 Å². The molecule has 42 heavy (non-hydrogen) atoms. The van der Waals surface area contributed by atoms with Crippen LogP contribution in [0.5, 0.6) is 0 Å². The molecule has 0 aromatic carbocycles. The smallest absolute Gasteiger partial charge is 0.334 e. The van der Waals surface area contributed by atoms with E-state index in [2.05, 4.69) is 6.92 Å². The molecule has 0 aromatic rings. The molecule has 0 spiro atoms. The molecule has 0 bridgehead atoms. The lowest BCUT2D eigenvalue weighted by atomic mass is 9.99. The van der Waals surface area contributed by atoms with E-state index in [1.54, 1.807) is 6.08 Å². The maximum absolute atomic E-state index is 11.7. The molecule has 7 nitrogen and oxygen atoms in total. The summed E-state index contributed by atoms with van der Waals surface area (Å²) in [4.78, 5) is 11.7. The van der Waals surface area contributed by atoms with Gasteiger partial charge >= 0.3 is 5.97 Å². The van der Waals surface area contributed by atoms with Crippen molar-refractivity contribution in [1.82, 2.24) is 0 Å². The summed E-state index contributed by atoms with van der Waals surface area (Å²) in [7, 11) is 0. The Kier molecular flexibility index (Phi) is 19.9. The Labute approximate surface area is 256 Å². The second-order valence-corrected chi connectivity index (χ2v) is 13.1. The van der Waals surface area contributed by atoms with Crippen LogP contribution in [0, 0.1) is 0 Å². The zero-order valence-electron chi connectivity index (χ0n) is 26.9. The number of unbranched alkanes of at least 4 members (excludes halogenated alkanes) is 12. The van der Waals surface area contributed by atoms with Crippen LogP contribution < -0.4 is 0 Å². The lowest BCUT2D eigenvalue weighted by Gasteiger charge is -2.22. The van der Waals surface area contributed by atoms with E-state index in [4.69, 9.17) is 9.47 Å². The van der Waals surface area contributed by atoms with E-state index in [1.807, 2.05) is 6.92 Å². The van der Waals surface area contributed by atoms with E-state index in [1.165, 1.54) is 57.8 Å². The topological polar surface area (TPSA) is 116 Å². The Morgan fingerprint density at radius 2 is 1.10 bits per heavy atom. The Balaban J connectivity index is 1.41. The molecule has 2 aliphatic rings. The van der Waals surface area contributed by atoms with Crippen LogP contribution in [0.15, 0.2) is 11.6 Å². The van der Waals surface area contributed by atoms with Crippen LogP contribution in [-0.2, 0) is 14.3 Å². The first kappa shape index (κ1) is 37.2. The number of aliphatic hydroxyl groups is 4. The van der Waals surface area contributed by atoms with Crippen molar-refractivity contribution in [2.24, 2.45) is 0 Å². The van der Waals surface area contributed by atoms with E-state index in [-0.39, 0.29) is 30.4 Å². The highest BCUT2D eigenvalue weighted by Gasteiger charge is 2.34. The van der Waals surface area contributed by atoms with Gasteiger partial charge in [-0.05, 0) is 57.9 Å². The van der Waals surface area contributed by atoms with Crippen molar-refractivity contribution in [3.8, 4) is 0 Å². The Bertz CT molecular complexity index is 726. The van der Waals surface area contributed by atoms with Crippen LogP contribution in [0.2, 0.25) is 0 Å². The minimum absolute atomic E-state index is 0.139.